The van der Waals surface area contributed by atoms with Crippen LogP contribution in [-0.4, -0.2) is 18.2 Å². The molecule has 0 amide bonds. The third-order valence-corrected chi connectivity index (χ3v) is 6.19. The van der Waals surface area contributed by atoms with E-state index in [2.05, 4.69) is 0 Å². The molecule has 4 bridgehead atoms. The molecule has 0 radical (unpaired) electrons. The number of halogens is 2. The second-order valence-corrected chi connectivity index (χ2v) is 7.96. The maximum atomic E-state index is 13.5. The molecule has 4 rings (SSSR count). The van der Waals surface area contributed by atoms with Crippen LogP contribution in [0.1, 0.15) is 38.5 Å². The highest BCUT2D eigenvalue weighted by Crippen LogP contribution is 2.58. The molecule has 18 heavy (non-hydrogen) atoms. The summed E-state index contributed by atoms with van der Waals surface area (Å²) in [5, 5.41) is -3.98. The zero-order valence-electron chi connectivity index (χ0n) is 10.1. The topological polar surface area (TPSA) is 54.4 Å². The number of hydrogen-bond donors (Lipinski definition) is 1. The molecule has 104 valence electrons. The van der Waals surface area contributed by atoms with Gasteiger partial charge in [0, 0.05) is 6.42 Å². The van der Waals surface area contributed by atoms with Crippen molar-refractivity contribution in [1.82, 2.24) is 0 Å². The minimum absolute atomic E-state index is 0.227. The van der Waals surface area contributed by atoms with Gasteiger partial charge >= 0.3 is 15.4 Å². The first-order valence-corrected chi connectivity index (χ1v) is 8.05. The molecule has 4 aliphatic rings. The average molecular weight is 280 g/mol. The molecular weight excluding hydrogens is 262 g/mol. The minimum Gasteiger partial charge on any atom is -0.281 e. The van der Waals surface area contributed by atoms with Crippen LogP contribution < -0.4 is 0 Å². The van der Waals surface area contributed by atoms with Crippen LogP contribution in [0.15, 0.2) is 0 Å². The van der Waals surface area contributed by atoms with E-state index in [4.69, 9.17) is 4.55 Å². The van der Waals surface area contributed by atoms with Crippen molar-refractivity contribution in [3.63, 3.8) is 0 Å². The normalized spacial score (nSPS) is 43.4. The SMILES string of the molecule is O=S(=O)(O)C(F)(F)CC1C2CC3CC(C2)CC1C3. The molecular formula is C12H18F2O3S. The fraction of sp³-hybridized carbons (Fsp3) is 1.00. The Morgan fingerprint density at radius 1 is 1.00 bits per heavy atom. The summed E-state index contributed by atoms with van der Waals surface area (Å²) in [5.41, 5.74) is 0. The van der Waals surface area contributed by atoms with Crippen LogP contribution in [0.5, 0.6) is 0 Å². The molecule has 4 aliphatic carbocycles. The minimum atomic E-state index is -5.27. The predicted molar refractivity (Wildman–Crippen MR) is 61.6 cm³/mol. The Balaban J connectivity index is 1.78. The van der Waals surface area contributed by atoms with Crippen molar-refractivity contribution in [2.75, 3.05) is 0 Å². The van der Waals surface area contributed by atoms with Gasteiger partial charge in [-0.15, -0.1) is 0 Å². The van der Waals surface area contributed by atoms with Crippen molar-refractivity contribution < 1.29 is 21.8 Å². The van der Waals surface area contributed by atoms with Gasteiger partial charge in [0.25, 0.3) is 0 Å². The van der Waals surface area contributed by atoms with Crippen LogP contribution in [0, 0.1) is 29.6 Å². The summed E-state index contributed by atoms with van der Waals surface area (Å²) >= 11 is 0. The lowest BCUT2D eigenvalue weighted by Gasteiger charge is -2.54. The van der Waals surface area contributed by atoms with Gasteiger partial charge in [0.15, 0.2) is 0 Å². The van der Waals surface area contributed by atoms with Crippen LogP contribution in [0.3, 0.4) is 0 Å². The first-order chi connectivity index (χ1) is 8.26. The summed E-state index contributed by atoms with van der Waals surface area (Å²) in [4.78, 5) is 0. The van der Waals surface area contributed by atoms with Gasteiger partial charge in [-0.3, -0.25) is 4.55 Å². The molecule has 0 aliphatic heterocycles. The van der Waals surface area contributed by atoms with Gasteiger partial charge < -0.3 is 0 Å². The highest BCUT2D eigenvalue weighted by Gasteiger charge is 2.54. The summed E-state index contributed by atoms with van der Waals surface area (Å²) in [6, 6.07) is 0. The zero-order valence-corrected chi connectivity index (χ0v) is 10.9. The molecule has 0 aromatic heterocycles. The lowest BCUT2D eigenvalue weighted by Crippen LogP contribution is -2.47. The first-order valence-electron chi connectivity index (χ1n) is 6.61. The van der Waals surface area contributed by atoms with E-state index in [-0.39, 0.29) is 17.8 Å². The lowest BCUT2D eigenvalue weighted by molar-refractivity contribution is -0.0703. The van der Waals surface area contributed by atoms with Crippen molar-refractivity contribution >= 4 is 10.1 Å². The van der Waals surface area contributed by atoms with Gasteiger partial charge in [0.2, 0.25) is 0 Å². The zero-order chi connectivity index (χ0) is 13.1. The van der Waals surface area contributed by atoms with Crippen LogP contribution in [0.2, 0.25) is 0 Å². The number of hydrogen-bond acceptors (Lipinski definition) is 2. The standard InChI is InChI=1S/C12H18F2O3S/c13-12(14,18(15,16)17)6-11-9-2-7-1-8(4-9)5-10(11)3-7/h7-11H,1-6H2,(H,15,16,17). The fourth-order valence-corrected chi connectivity index (χ4v) is 5.15. The highest BCUT2D eigenvalue weighted by molar-refractivity contribution is 7.86. The third-order valence-electron chi connectivity index (χ3n) is 5.27. The monoisotopic (exact) mass is 280 g/mol. The quantitative estimate of drug-likeness (QED) is 0.809. The lowest BCUT2D eigenvalue weighted by atomic mass is 9.51. The summed E-state index contributed by atoms with van der Waals surface area (Å²) in [5.74, 6) is 1.60. The molecule has 3 nitrogen and oxygen atoms in total. The second-order valence-electron chi connectivity index (χ2n) is 6.41. The van der Waals surface area contributed by atoms with Crippen LogP contribution >= 0.6 is 0 Å². The Morgan fingerprint density at radius 3 is 1.83 bits per heavy atom. The van der Waals surface area contributed by atoms with Crippen molar-refractivity contribution in [2.45, 2.75) is 43.8 Å². The Hall–Kier alpha value is -0.230. The fourth-order valence-electron chi connectivity index (χ4n) is 4.75. The highest BCUT2D eigenvalue weighted by atomic mass is 32.2. The maximum absolute atomic E-state index is 13.5. The summed E-state index contributed by atoms with van der Waals surface area (Å²) in [6.45, 7) is 0. The van der Waals surface area contributed by atoms with E-state index in [1.54, 1.807) is 0 Å². The van der Waals surface area contributed by atoms with E-state index in [1.165, 1.54) is 6.42 Å². The predicted octanol–water partition coefficient (Wildman–Crippen LogP) is 2.93. The van der Waals surface area contributed by atoms with Gasteiger partial charge in [0.05, 0.1) is 0 Å². The van der Waals surface area contributed by atoms with Gasteiger partial charge in [0.1, 0.15) is 0 Å². The molecule has 0 unspecified atom stereocenters. The van der Waals surface area contributed by atoms with Gasteiger partial charge in [-0.2, -0.15) is 17.2 Å². The molecule has 0 atom stereocenters. The molecule has 0 saturated heterocycles. The smallest absolute Gasteiger partial charge is 0.281 e. The van der Waals surface area contributed by atoms with Gasteiger partial charge in [-0.25, -0.2) is 0 Å². The largest absolute Gasteiger partial charge is 0.370 e. The molecule has 6 heteroatoms. The summed E-state index contributed by atoms with van der Waals surface area (Å²) in [6.07, 6.45) is 4.42. The molecule has 4 fully saturated rings. The molecule has 1 N–H and O–H groups in total. The van der Waals surface area contributed by atoms with E-state index in [1.807, 2.05) is 0 Å². The van der Waals surface area contributed by atoms with Crippen molar-refractivity contribution in [2.24, 2.45) is 29.6 Å². The summed E-state index contributed by atoms with van der Waals surface area (Å²) < 4.78 is 57.1. The Bertz CT molecular complexity index is 418. The Morgan fingerprint density at radius 2 is 1.44 bits per heavy atom. The molecule has 0 heterocycles. The maximum Gasteiger partial charge on any atom is 0.370 e. The van der Waals surface area contributed by atoms with E-state index in [9.17, 15) is 17.2 Å². The van der Waals surface area contributed by atoms with E-state index in [0.29, 0.717) is 11.8 Å². The number of alkyl halides is 2. The van der Waals surface area contributed by atoms with Gasteiger partial charge in [-0.05, 0) is 61.7 Å². The van der Waals surface area contributed by atoms with Crippen molar-refractivity contribution in [3.8, 4) is 0 Å². The number of rotatable bonds is 3. The third kappa shape index (κ3) is 1.97. The van der Waals surface area contributed by atoms with Crippen LogP contribution in [0.4, 0.5) is 8.78 Å². The molecule has 4 saturated carbocycles. The van der Waals surface area contributed by atoms with Crippen molar-refractivity contribution in [1.29, 1.82) is 0 Å². The van der Waals surface area contributed by atoms with Crippen LogP contribution in [-0.2, 0) is 10.1 Å². The first kappa shape index (κ1) is 12.8. The van der Waals surface area contributed by atoms with E-state index >= 15 is 0 Å². The van der Waals surface area contributed by atoms with Crippen LogP contribution in [0.25, 0.3) is 0 Å². The van der Waals surface area contributed by atoms with Gasteiger partial charge in [-0.1, -0.05) is 0 Å². The Labute approximate surface area is 106 Å². The van der Waals surface area contributed by atoms with E-state index < -0.39 is 21.8 Å². The average Bonchev–Trinajstić information content (AvgIpc) is 2.20. The summed E-state index contributed by atoms with van der Waals surface area (Å²) in [7, 11) is -5.27. The molecule has 0 spiro atoms. The second kappa shape index (κ2) is 3.88. The van der Waals surface area contributed by atoms with Crippen molar-refractivity contribution in [3.05, 3.63) is 0 Å². The van der Waals surface area contributed by atoms with E-state index in [0.717, 1.165) is 25.7 Å². The molecule has 0 aromatic rings. The Kier molecular flexibility index (Phi) is 2.76. The molecule has 0 aromatic carbocycles.